The number of hydrogen-bond acceptors (Lipinski definition) is 2. The Hall–Kier alpha value is -2.96. The summed E-state index contributed by atoms with van der Waals surface area (Å²) < 4.78 is 78.9. The Morgan fingerprint density at radius 3 is 2.30 bits per heavy atom. The van der Waals surface area contributed by atoms with Crippen molar-refractivity contribution in [3.05, 3.63) is 93.8 Å². The predicted octanol–water partition coefficient (Wildman–Crippen LogP) is 6.50. The summed E-state index contributed by atoms with van der Waals surface area (Å²) in [7, 11) is 0. The van der Waals surface area contributed by atoms with Gasteiger partial charge >= 0.3 is 17.5 Å². The standard InChI is InChI=1S/C23H19F5O2/c1-3-5-6-14-7-10-16(11-8-14)22(25,26)23(27,28)18-12-9-15-13-17(4-2)30-21(29)19(15)20(18)24/h3,7-13H,1,4-6H2,2H3. The molecule has 0 unspecified atom stereocenters. The molecule has 2 nitrogen and oxygen atoms in total. The van der Waals surface area contributed by atoms with Gasteiger partial charge in [0, 0.05) is 12.0 Å². The second-order valence-electron chi connectivity index (χ2n) is 6.92. The lowest BCUT2D eigenvalue weighted by Gasteiger charge is -2.28. The molecule has 0 saturated heterocycles. The zero-order valence-electron chi connectivity index (χ0n) is 16.2. The Bertz CT molecular complexity index is 1130. The van der Waals surface area contributed by atoms with Gasteiger partial charge < -0.3 is 4.42 Å². The fourth-order valence-electron chi connectivity index (χ4n) is 3.21. The van der Waals surface area contributed by atoms with Crippen LogP contribution in [0.3, 0.4) is 0 Å². The maximum Gasteiger partial charge on any atom is 0.346 e. The van der Waals surface area contributed by atoms with E-state index in [-0.39, 0.29) is 11.1 Å². The molecule has 3 aromatic rings. The highest BCUT2D eigenvalue weighted by Gasteiger charge is 2.59. The lowest BCUT2D eigenvalue weighted by Crippen LogP contribution is -2.36. The van der Waals surface area contributed by atoms with Gasteiger partial charge in [0.05, 0.1) is 5.56 Å². The number of fused-ring (bicyclic) bond motifs is 1. The Balaban J connectivity index is 2.08. The molecule has 1 aromatic heterocycles. The number of allylic oxidation sites excluding steroid dienone is 1. The predicted molar refractivity (Wildman–Crippen MR) is 105 cm³/mol. The molecular formula is C23H19F5O2. The number of hydrogen-bond donors (Lipinski definition) is 0. The first-order chi connectivity index (χ1) is 14.1. The molecule has 0 aliphatic heterocycles. The van der Waals surface area contributed by atoms with Crippen LogP contribution in [0.1, 0.15) is 35.8 Å². The molecule has 2 aromatic carbocycles. The maximum atomic E-state index is 14.9. The minimum atomic E-state index is -4.90. The van der Waals surface area contributed by atoms with Crippen LogP contribution in [0.5, 0.6) is 0 Å². The summed E-state index contributed by atoms with van der Waals surface area (Å²) in [6.45, 7) is 5.25. The quantitative estimate of drug-likeness (QED) is 0.322. The lowest BCUT2D eigenvalue weighted by atomic mass is 9.93. The highest BCUT2D eigenvalue weighted by Crippen LogP contribution is 2.50. The fourth-order valence-corrected chi connectivity index (χ4v) is 3.21. The molecule has 0 atom stereocenters. The van der Waals surface area contributed by atoms with Gasteiger partial charge in [-0.3, -0.25) is 0 Å². The van der Waals surface area contributed by atoms with Gasteiger partial charge in [0.25, 0.3) is 0 Å². The van der Waals surface area contributed by atoms with E-state index >= 15 is 0 Å². The van der Waals surface area contributed by atoms with E-state index in [0.717, 1.165) is 18.2 Å². The van der Waals surface area contributed by atoms with Gasteiger partial charge in [0.15, 0.2) is 0 Å². The molecular weight excluding hydrogens is 403 g/mol. The summed E-state index contributed by atoms with van der Waals surface area (Å²) in [5, 5.41) is -0.769. The number of alkyl halides is 4. The molecule has 0 fully saturated rings. The second-order valence-corrected chi connectivity index (χ2v) is 6.92. The van der Waals surface area contributed by atoms with Crippen LogP contribution in [0.15, 0.2) is 64.3 Å². The molecule has 0 spiro atoms. The van der Waals surface area contributed by atoms with Gasteiger partial charge in [-0.15, -0.1) is 6.58 Å². The Morgan fingerprint density at radius 1 is 1.03 bits per heavy atom. The van der Waals surface area contributed by atoms with Crippen molar-refractivity contribution in [1.29, 1.82) is 0 Å². The van der Waals surface area contributed by atoms with E-state index in [4.69, 9.17) is 4.42 Å². The van der Waals surface area contributed by atoms with Gasteiger partial charge in [-0.05, 0) is 35.9 Å². The van der Waals surface area contributed by atoms with E-state index in [1.807, 2.05) is 0 Å². The molecule has 0 aliphatic carbocycles. The van der Waals surface area contributed by atoms with Crippen LogP contribution in [0.4, 0.5) is 22.0 Å². The van der Waals surface area contributed by atoms with E-state index < -0.39 is 39.8 Å². The Morgan fingerprint density at radius 2 is 1.70 bits per heavy atom. The van der Waals surface area contributed by atoms with Crippen LogP contribution >= 0.6 is 0 Å². The minimum Gasteiger partial charge on any atom is -0.427 e. The van der Waals surface area contributed by atoms with Crippen LogP contribution in [0.2, 0.25) is 0 Å². The van der Waals surface area contributed by atoms with Crippen molar-refractivity contribution in [2.45, 2.75) is 38.0 Å². The number of aryl methyl sites for hydroxylation is 2. The summed E-state index contributed by atoms with van der Waals surface area (Å²) in [5.41, 5.74) is -3.02. The normalized spacial score (nSPS) is 12.3. The molecule has 0 aliphatic rings. The number of halogens is 5. The summed E-state index contributed by atoms with van der Waals surface area (Å²) in [5.74, 6) is -11.1. The third-order valence-electron chi connectivity index (χ3n) is 4.95. The lowest BCUT2D eigenvalue weighted by molar-refractivity contribution is -0.225. The van der Waals surface area contributed by atoms with Gasteiger partial charge in [-0.25, -0.2) is 9.18 Å². The number of benzene rings is 2. The first kappa shape index (κ1) is 21.7. The van der Waals surface area contributed by atoms with E-state index in [9.17, 15) is 26.7 Å². The van der Waals surface area contributed by atoms with Crippen molar-refractivity contribution in [3.63, 3.8) is 0 Å². The third-order valence-corrected chi connectivity index (χ3v) is 4.95. The smallest absolute Gasteiger partial charge is 0.346 e. The zero-order valence-corrected chi connectivity index (χ0v) is 16.2. The van der Waals surface area contributed by atoms with E-state index in [1.54, 1.807) is 13.0 Å². The van der Waals surface area contributed by atoms with Crippen molar-refractivity contribution in [3.8, 4) is 0 Å². The molecule has 3 rings (SSSR count). The van der Waals surface area contributed by atoms with Gasteiger partial charge in [-0.2, -0.15) is 17.6 Å². The van der Waals surface area contributed by atoms with E-state index in [2.05, 4.69) is 6.58 Å². The highest BCUT2D eigenvalue weighted by atomic mass is 19.3. The largest absolute Gasteiger partial charge is 0.427 e. The van der Waals surface area contributed by atoms with Gasteiger partial charge in [0.2, 0.25) is 0 Å². The molecule has 7 heteroatoms. The average molecular weight is 422 g/mol. The fraction of sp³-hybridized carbons (Fsp3) is 0.261. The summed E-state index contributed by atoms with van der Waals surface area (Å²) in [6, 6.07) is 7.36. The van der Waals surface area contributed by atoms with Crippen LogP contribution in [0, 0.1) is 5.82 Å². The molecule has 0 saturated carbocycles. The summed E-state index contributed by atoms with van der Waals surface area (Å²) in [4.78, 5) is 12.1. The van der Waals surface area contributed by atoms with Crippen LogP contribution in [0.25, 0.3) is 10.8 Å². The molecule has 0 radical (unpaired) electrons. The Kier molecular flexibility index (Phi) is 5.83. The van der Waals surface area contributed by atoms with Crippen molar-refractivity contribution < 1.29 is 26.4 Å². The third kappa shape index (κ3) is 3.64. The minimum absolute atomic E-state index is 0.00929. The van der Waals surface area contributed by atoms with Crippen LogP contribution in [-0.2, 0) is 24.7 Å². The second kappa shape index (κ2) is 8.05. The van der Waals surface area contributed by atoms with Crippen molar-refractivity contribution in [1.82, 2.24) is 0 Å². The molecule has 158 valence electrons. The van der Waals surface area contributed by atoms with E-state index in [0.29, 0.717) is 30.9 Å². The zero-order chi connectivity index (χ0) is 22.1. The average Bonchev–Trinajstić information content (AvgIpc) is 2.71. The van der Waals surface area contributed by atoms with E-state index in [1.165, 1.54) is 18.2 Å². The monoisotopic (exact) mass is 422 g/mol. The van der Waals surface area contributed by atoms with Crippen molar-refractivity contribution in [2.75, 3.05) is 0 Å². The molecule has 0 bridgehead atoms. The van der Waals surface area contributed by atoms with Crippen molar-refractivity contribution in [2.24, 2.45) is 0 Å². The summed E-state index contributed by atoms with van der Waals surface area (Å²) in [6.07, 6.45) is 3.11. The SMILES string of the molecule is C=CCCc1ccc(C(F)(F)C(F)(F)c2ccc3cc(CC)oc(=O)c3c2F)cc1. The van der Waals surface area contributed by atoms with Gasteiger partial charge in [-0.1, -0.05) is 43.3 Å². The van der Waals surface area contributed by atoms with Gasteiger partial charge in [0.1, 0.15) is 17.0 Å². The van der Waals surface area contributed by atoms with Crippen LogP contribution in [-0.4, -0.2) is 0 Å². The molecule has 0 N–H and O–H groups in total. The first-order valence-corrected chi connectivity index (χ1v) is 9.35. The summed E-state index contributed by atoms with van der Waals surface area (Å²) >= 11 is 0. The van der Waals surface area contributed by atoms with Crippen molar-refractivity contribution >= 4 is 10.8 Å². The Labute approximate surface area is 169 Å². The number of rotatable bonds is 7. The molecule has 30 heavy (non-hydrogen) atoms. The van der Waals surface area contributed by atoms with Crippen LogP contribution < -0.4 is 5.63 Å². The highest BCUT2D eigenvalue weighted by molar-refractivity contribution is 5.83. The molecule has 1 heterocycles. The maximum absolute atomic E-state index is 14.9. The topological polar surface area (TPSA) is 30.2 Å². The molecule has 0 amide bonds. The first-order valence-electron chi connectivity index (χ1n) is 9.35.